The normalized spacial score (nSPS) is 17.8. The van der Waals surface area contributed by atoms with Gasteiger partial charge in [-0.1, -0.05) is 17.7 Å². The van der Waals surface area contributed by atoms with E-state index >= 15 is 0 Å². The summed E-state index contributed by atoms with van der Waals surface area (Å²) in [4.78, 5) is 0. The number of halogens is 1. The van der Waals surface area contributed by atoms with Gasteiger partial charge in [0.1, 0.15) is 17.1 Å². The first-order valence-electron chi connectivity index (χ1n) is 8.06. The minimum Gasteiger partial charge on any atom is -0.497 e. The molecule has 0 saturated carbocycles. The molecule has 0 spiro atoms. The van der Waals surface area contributed by atoms with Crippen molar-refractivity contribution >= 4 is 34.6 Å². The van der Waals surface area contributed by atoms with Gasteiger partial charge in [-0.3, -0.25) is 0 Å². The molecule has 132 valence electrons. The van der Waals surface area contributed by atoms with Gasteiger partial charge in [-0.15, -0.1) is 0 Å². The first-order chi connectivity index (χ1) is 11.9. The third-order valence-electron chi connectivity index (χ3n) is 4.06. The number of methoxy groups -OCH3 is 1. The van der Waals surface area contributed by atoms with Crippen molar-refractivity contribution in [2.45, 2.75) is 31.9 Å². The largest absolute Gasteiger partial charge is 0.497 e. The van der Waals surface area contributed by atoms with Crippen LogP contribution in [0.25, 0.3) is 0 Å². The van der Waals surface area contributed by atoms with Gasteiger partial charge < -0.3 is 20.1 Å². The lowest BCUT2D eigenvalue weighted by atomic mass is 9.90. The molecule has 0 fully saturated rings. The van der Waals surface area contributed by atoms with Gasteiger partial charge in [-0.05, 0) is 56.4 Å². The number of fused-ring (bicyclic) bond motifs is 1. The molecule has 25 heavy (non-hydrogen) atoms. The fraction of sp³-hybridized carbons (Fsp3) is 0.316. The lowest BCUT2D eigenvalue weighted by Crippen LogP contribution is -2.42. The number of benzene rings is 2. The molecule has 0 bridgehead atoms. The zero-order valence-electron chi connectivity index (χ0n) is 14.4. The van der Waals surface area contributed by atoms with Crippen molar-refractivity contribution in [3.05, 3.63) is 53.1 Å². The van der Waals surface area contributed by atoms with E-state index in [9.17, 15) is 0 Å². The van der Waals surface area contributed by atoms with Crippen LogP contribution in [0.1, 0.15) is 31.9 Å². The Morgan fingerprint density at radius 1 is 1.28 bits per heavy atom. The van der Waals surface area contributed by atoms with Crippen LogP contribution >= 0.6 is 23.8 Å². The zero-order valence-corrected chi connectivity index (χ0v) is 16.0. The number of rotatable bonds is 3. The van der Waals surface area contributed by atoms with Gasteiger partial charge in [0.2, 0.25) is 0 Å². The number of hydrogen-bond acceptors (Lipinski definition) is 3. The van der Waals surface area contributed by atoms with Crippen molar-refractivity contribution in [1.82, 2.24) is 5.32 Å². The molecule has 4 nitrogen and oxygen atoms in total. The number of ether oxygens (including phenoxy) is 2. The summed E-state index contributed by atoms with van der Waals surface area (Å²) in [6.45, 7) is 4.13. The average molecular weight is 377 g/mol. The van der Waals surface area contributed by atoms with Crippen LogP contribution < -0.4 is 20.1 Å². The lowest BCUT2D eigenvalue weighted by Gasteiger charge is -2.38. The second-order valence-electron chi connectivity index (χ2n) is 6.63. The monoisotopic (exact) mass is 376 g/mol. The molecule has 1 atom stereocenters. The van der Waals surface area contributed by atoms with Crippen molar-refractivity contribution in [3.8, 4) is 11.5 Å². The van der Waals surface area contributed by atoms with Gasteiger partial charge in [0.15, 0.2) is 5.11 Å². The molecule has 0 radical (unpaired) electrons. The Morgan fingerprint density at radius 3 is 2.84 bits per heavy atom. The van der Waals surface area contributed by atoms with Crippen LogP contribution in [-0.4, -0.2) is 17.8 Å². The summed E-state index contributed by atoms with van der Waals surface area (Å²) < 4.78 is 11.3. The van der Waals surface area contributed by atoms with Gasteiger partial charge in [-0.25, -0.2) is 0 Å². The maximum Gasteiger partial charge on any atom is 0.171 e. The third kappa shape index (κ3) is 4.35. The Balaban J connectivity index is 1.77. The Bertz CT molecular complexity index is 795. The molecule has 0 saturated heterocycles. The van der Waals surface area contributed by atoms with Gasteiger partial charge in [0, 0.05) is 28.8 Å². The molecule has 1 aliphatic heterocycles. The van der Waals surface area contributed by atoms with Crippen LogP contribution in [0.2, 0.25) is 5.02 Å². The molecular weight excluding hydrogens is 356 g/mol. The highest BCUT2D eigenvalue weighted by atomic mass is 35.5. The molecular formula is C19H21ClN2O2S. The topological polar surface area (TPSA) is 42.5 Å². The van der Waals surface area contributed by atoms with E-state index in [1.165, 1.54) is 0 Å². The lowest BCUT2D eigenvalue weighted by molar-refractivity contribution is 0.0697. The molecule has 0 unspecified atom stereocenters. The summed E-state index contributed by atoms with van der Waals surface area (Å²) in [5, 5.41) is 7.81. The second-order valence-corrected chi connectivity index (χ2v) is 7.48. The highest BCUT2D eigenvalue weighted by Crippen LogP contribution is 2.40. The van der Waals surface area contributed by atoms with E-state index < -0.39 is 0 Å². The van der Waals surface area contributed by atoms with E-state index in [-0.39, 0.29) is 11.6 Å². The summed E-state index contributed by atoms with van der Waals surface area (Å²) >= 11 is 11.7. The van der Waals surface area contributed by atoms with Crippen LogP contribution in [-0.2, 0) is 0 Å². The van der Waals surface area contributed by atoms with Crippen LogP contribution in [0, 0.1) is 0 Å². The average Bonchev–Trinajstić information content (AvgIpc) is 2.55. The van der Waals surface area contributed by atoms with Crippen LogP contribution in [0.5, 0.6) is 11.5 Å². The molecule has 2 N–H and O–H groups in total. The van der Waals surface area contributed by atoms with Gasteiger partial charge in [0.05, 0.1) is 13.2 Å². The van der Waals surface area contributed by atoms with Crippen molar-refractivity contribution in [3.63, 3.8) is 0 Å². The molecule has 2 aromatic carbocycles. The van der Waals surface area contributed by atoms with E-state index in [1.54, 1.807) is 7.11 Å². The predicted octanol–water partition coefficient (Wildman–Crippen LogP) is 4.94. The van der Waals surface area contributed by atoms with Crippen LogP contribution in [0.3, 0.4) is 0 Å². The number of anilines is 1. The highest BCUT2D eigenvalue weighted by Gasteiger charge is 2.34. The molecule has 1 aliphatic rings. The minimum atomic E-state index is -0.288. The fourth-order valence-corrected chi connectivity index (χ4v) is 3.42. The Morgan fingerprint density at radius 2 is 2.08 bits per heavy atom. The summed E-state index contributed by atoms with van der Waals surface area (Å²) in [6, 6.07) is 13.3. The van der Waals surface area contributed by atoms with Crippen molar-refractivity contribution in [2.75, 3.05) is 12.4 Å². The quantitative estimate of drug-likeness (QED) is 0.743. The molecule has 1 heterocycles. The molecule has 0 amide bonds. The fourth-order valence-electron chi connectivity index (χ4n) is 2.98. The Hall–Kier alpha value is -1.98. The summed E-state index contributed by atoms with van der Waals surface area (Å²) in [7, 11) is 1.64. The molecule has 6 heteroatoms. The van der Waals surface area contributed by atoms with E-state index in [1.807, 2.05) is 42.5 Å². The molecule has 0 aliphatic carbocycles. The van der Waals surface area contributed by atoms with Gasteiger partial charge in [0.25, 0.3) is 0 Å². The Kier molecular flexibility index (Phi) is 5.06. The molecule has 0 aromatic heterocycles. The van der Waals surface area contributed by atoms with Crippen molar-refractivity contribution in [1.29, 1.82) is 0 Å². The standard InChI is InChI=1S/C19H21ClN2O2S/c1-19(2)11-16(15-9-12(20)7-8-17(15)24-19)22-18(25)21-13-5-4-6-14(10-13)23-3/h4-10,16H,11H2,1-3H3,(H2,21,22,25)/t16-/m1/s1. The van der Waals surface area contributed by atoms with Gasteiger partial charge >= 0.3 is 0 Å². The maximum atomic E-state index is 6.17. The van der Waals surface area contributed by atoms with E-state index in [0.717, 1.165) is 29.2 Å². The zero-order chi connectivity index (χ0) is 18.0. The van der Waals surface area contributed by atoms with Gasteiger partial charge in [-0.2, -0.15) is 0 Å². The van der Waals surface area contributed by atoms with Crippen LogP contribution in [0.15, 0.2) is 42.5 Å². The van der Waals surface area contributed by atoms with Crippen molar-refractivity contribution in [2.24, 2.45) is 0 Å². The third-order valence-corrected chi connectivity index (χ3v) is 4.52. The Labute approximate surface area is 158 Å². The summed E-state index contributed by atoms with van der Waals surface area (Å²) in [5.74, 6) is 1.61. The SMILES string of the molecule is COc1cccc(NC(=S)N[C@@H]2CC(C)(C)Oc3ccc(Cl)cc32)c1. The summed E-state index contributed by atoms with van der Waals surface area (Å²) in [5.41, 5.74) is 1.60. The van der Waals surface area contributed by atoms with Crippen molar-refractivity contribution < 1.29 is 9.47 Å². The summed E-state index contributed by atoms with van der Waals surface area (Å²) in [6.07, 6.45) is 0.778. The van der Waals surface area contributed by atoms with E-state index in [2.05, 4.69) is 24.5 Å². The number of thiocarbonyl (C=S) groups is 1. The predicted molar refractivity (Wildman–Crippen MR) is 106 cm³/mol. The van der Waals surface area contributed by atoms with Crippen LogP contribution in [0.4, 0.5) is 5.69 Å². The molecule has 2 aromatic rings. The molecule has 3 rings (SSSR count). The smallest absolute Gasteiger partial charge is 0.171 e. The highest BCUT2D eigenvalue weighted by molar-refractivity contribution is 7.80. The number of nitrogens with one attached hydrogen (secondary N) is 2. The second kappa shape index (κ2) is 7.10. The maximum absolute atomic E-state index is 6.17. The minimum absolute atomic E-state index is 0.0167. The number of hydrogen-bond donors (Lipinski definition) is 2. The van der Waals surface area contributed by atoms with E-state index in [0.29, 0.717) is 10.1 Å². The first-order valence-corrected chi connectivity index (χ1v) is 8.85. The first kappa shape index (κ1) is 17.8. The van der Waals surface area contributed by atoms with E-state index in [4.69, 9.17) is 33.3 Å².